The number of carbonyl (C=O) groups excluding carboxylic acids is 1. The van der Waals surface area contributed by atoms with Crippen LogP contribution in [0.1, 0.15) is 17.3 Å². The van der Waals surface area contributed by atoms with Gasteiger partial charge in [-0.25, -0.2) is 9.31 Å². The Balaban J connectivity index is 2.59. The Morgan fingerprint density at radius 1 is 1.67 bits per heavy atom. The molecule has 0 aliphatic rings. The van der Waals surface area contributed by atoms with Crippen LogP contribution in [0.2, 0.25) is 5.02 Å². The Kier molecular flexibility index (Phi) is 2.60. The molecule has 0 unspecified atom stereocenters. The molecule has 0 saturated heterocycles. The summed E-state index contributed by atoms with van der Waals surface area (Å²) in [6.45, 7) is 2.10. The minimum atomic E-state index is -0.384. The van der Waals surface area contributed by atoms with Crippen molar-refractivity contribution in [3.8, 4) is 0 Å². The molecule has 0 fully saturated rings. The minimum Gasteiger partial charge on any atom is -0.462 e. The highest BCUT2D eigenvalue weighted by Gasteiger charge is 2.14. The van der Waals surface area contributed by atoms with Gasteiger partial charge in [0.1, 0.15) is 0 Å². The summed E-state index contributed by atoms with van der Waals surface area (Å²) in [6.07, 6.45) is 3.23. The van der Waals surface area contributed by atoms with Crippen LogP contribution >= 0.6 is 11.6 Å². The van der Waals surface area contributed by atoms with E-state index in [2.05, 4.69) is 5.10 Å². The van der Waals surface area contributed by atoms with Gasteiger partial charge in [0, 0.05) is 6.20 Å². The van der Waals surface area contributed by atoms with Crippen LogP contribution in [0.5, 0.6) is 0 Å². The van der Waals surface area contributed by atoms with Crippen molar-refractivity contribution in [2.24, 2.45) is 0 Å². The van der Waals surface area contributed by atoms with Crippen LogP contribution in [0.3, 0.4) is 0 Å². The van der Waals surface area contributed by atoms with Crippen LogP contribution in [-0.2, 0) is 4.74 Å². The van der Waals surface area contributed by atoms with Gasteiger partial charge in [0.15, 0.2) is 0 Å². The average Bonchev–Trinajstić information content (AvgIpc) is 2.61. The number of rotatable bonds is 2. The van der Waals surface area contributed by atoms with E-state index in [0.29, 0.717) is 22.7 Å². The van der Waals surface area contributed by atoms with Gasteiger partial charge in [-0.05, 0) is 19.1 Å². The number of hydrogen-bond donors (Lipinski definition) is 0. The zero-order chi connectivity index (χ0) is 10.8. The van der Waals surface area contributed by atoms with E-state index in [1.165, 1.54) is 6.20 Å². The van der Waals surface area contributed by atoms with Gasteiger partial charge in [0.05, 0.1) is 28.9 Å². The fraction of sp³-hybridized carbons (Fsp3) is 0.200. The summed E-state index contributed by atoms with van der Waals surface area (Å²) in [6, 6.07) is 3.39. The predicted molar refractivity (Wildman–Crippen MR) is 56.2 cm³/mol. The monoisotopic (exact) mass is 224 g/mol. The maximum atomic E-state index is 11.6. The van der Waals surface area contributed by atoms with Gasteiger partial charge < -0.3 is 4.74 Å². The lowest BCUT2D eigenvalue weighted by Crippen LogP contribution is -2.06. The Bertz CT molecular complexity index is 507. The van der Waals surface area contributed by atoms with Crippen molar-refractivity contribution >= 4 is 23.1 Å². The molecule has 2 aromatic rings. The number of hydrogen-bond acceptors (Lipinski definition) is 3. The Morgan fingerprint density at radius 2 is 2.47 bits per heavy atom. The highest BCUT2D eigenvalue weighted by atomic mass is 35.5. The molecule has 5 heteroatoms. The first-order valence-electron chi connectivity index (χ1n) is 4.53. The van der Waals surface area contributed by atoms with Crippen molar-refractivity contribution < 1.29 is 9.53 Å². The zero-order valence-corrected chi connectivity index (χ0v) is 8.86. The van der Waals surface area contributed by atoms with Crippen molar-refractivity contribution in [3.63, 3.8) is 0 Å². The smallest absolute Gasteiger partial charge is 0.340 e. The van der Waals surface area contributed by atoms with E-state index in [0.717, 1.165) is 0 Å². The predicted octanol–water partition coefficient (Wildman–Crippen LogP) is 2.16. The van der Waals surface area contributed by atoms with Gasteiger partial charge >= 0.3 is 5.97 Å². The number of aromatic nitrogens is 2. The molecule has 78 valence electrons. The fourth-order valence-corrected chi connectivity index (χ4v) is 1.61. The molecular formula is C10H9ClN2O2. The molecule has 15 heavy (non-hydrogen) atoms. The van der Waals surface area contributed by atoms with Gasteiger partial charge in [-0.3, -0.25) is 0 Å². The van der Waals surface area contributed by atoms with Gasteiger partial charge in [0.2, 0.25) is 0 Å². The topological polar surface area (TPSA) is 43.6 Å². The van der Waals surface area contributed by atoms with Gasteiger partial charge in [0.25, 0.3) is 0 Å². The second-order valence-electron chi connectivity index (χ2n) is 2.93. The third-order valence-corrected chi connectivity index (χ3v) is 2.27. The number of ether oxygens (including phenoxy) is 1. The summed E-state index contributed by atoms with van der Waals surface area (Å²) >= 11 is 5.93. The Morgan fingerprint density at radius 3 is 3.20 bits per heavy atom. The number of fused-ring (bicyclic) bond motifs is 1. The van der Waals surface area contributed by atoms with Crippen LogP contribution < -0.4 is 0 Å². The maximum Gasteiger partial charge on any atom is 0.340 e. The summed E-state index contributed by atoms with van der Waals surface area (Å²) in [5.41, 5.74) is 1.01. The number of nitrogens with zero attached hydrogens (tertiary/aromatic N) is 2. The lowest BCUT2D eigenvalue weighted by atomic mass is 10.2. The summed E-state index contributed by atoms with van der Waals surface area (Å²) in [4.78, 5) is 11.6. The molecule has 0 aliphatic heterocycles. The zero-order valence-electron chi connectivity index (χ0n) is 8.11. The van der Waals surface area contributed by atoms with E-state index in [1.807, 2.05) is 0 Å². The van der Waals surface area contributed by atoms with Crippen molar-refractivity contribution in [1.29, 1.82) is 0 Å². The molecule has 2 heterocycles. The van der Waals surface area contributed by atoms with Crippen molar-refractivity contribution in [2.75, 3.05) is 6.61 Å². The summed E-state index contributed by atoms with van der Waals surface area (Å²) in [7, 11) is 0. The molecule has 0 bridgehead atoms. The first-order valence-corrected chi connectivity index (χ1v) is 4.90. The molecule has 0 radical (unpaired) electrons. The van der Waals surface area contributed by atoms with Gasteiger partial charge in [-0.2, -0.15) is 5.10 Å². The first kappa shape index (κ1) is 9.98. The maximum absolute atomic E-state index is 11.6. The van der Waals surface area contributed by atoms with Crippen molar-refractivity contribution in [2.45, 2.75) is 6.92 Å². The first-order chi connectivity index (χ1) is 7.24. The third-order valence-electron chi connectivity index (χ3n) is 1.99. The molecule has 2 aromatic heterocycles. The van der Waals surface area contributed by atoms with Crippen LogP contribution in [0, 0.1) is 0 Å². The average molecular weight is 225 g/mol. The molecule has 2 rings (SSSR count). The SMILES string of the molecule is CCOC(=O)c1cccn2ncc(Cl)c12. The molecule has 0 amide bonds. The standard InChI is InChI=1S/C10H9ClN2O2/c1-2-15-10(14)7-4-3-5-13-9(7)8(11)6-12-13/h3-6H,2H2,1H3. The Labute approximate surface area is 91.4 Å². The van der Waals surface area contributed by atoms with E-state index >= 15 is 0 Å². The molecule has 0 aliphatic carbocycles. The third kappa shape index (κ3) is 1.68. The van der Waals surface area contributed by atoms with Gasteiger partial charge in [-0.1, -0.05) is 11.6 Å². The lowest BCUT2D eigenvalue weighted by molar-refractivity contribution is 0.0528. The summed E-state index contributed by atoms with van der Waals surface area (Å²) < 4.78 is 6.47. The molecule has 0 atom stereocenters. The van der Waals surface area contributed by atoms with E-state index in [-0.39, 0.29) is 5.97 Å². The van der Waals surface area contributed by atoms with E-state index in [9.17, 15) is 4.79 Å². The largest absolute Gasteiger partial charge is 0.462 e. The summed E-state index contributed by atoms with van der Waals surface area (Å²) in [5, 5.41) is 4.44. The van der Waals surface area contributed by atoms with E-state index < -0.39 is 0 Å². The van der Waals surface area contributed by atoms with Crippen LogP contribution in [0.25, 0.3) is 5.52 Å². The van der Waals surface area contributed by atoms with Crippen LogP contribution in [0.4, 0.5) is 0 Å². The summed E-state index contributed by atoms with van der Waals surface area (Å²) in [5.74, 6) is -0.384. The number of halogens is 1. The number of esters is 1. The second kappa shape index (κ2) is 3.90. The molecule has 4 nitrogen and oxygen atoms in total. The van der Waals surface area contributed by atoms with Crippen LogP contribution in [-0.4, -0.2) is 22.2 Å². The Hall–Kier alpha value is -1.55. The van der Waals surface area contributed by atoms with Crippen molar-refractivity contribution in [1.82, 2.24) is 9.61 Å². The van der Waals surface area contributed by atoms with Gasteiger partial charge in [-0.15, -0.1) is 0 Å². The molecular weight excluding hydrogens is 216 g/mol. The highest BCUT2D eigenvalue weighted by Crippen LogP contribution is 2.21. The fourth-order valence-electron chi connectivity index (χ4n) is 1.38. The lowest BCUT2D eigenvalue weighted by Gasteiger charge is -2.03. The van der Waals surface area contributed by atoms with Crippen LogP contribution in [0.15, 0.2) is 24.5 Å². The molecule has 0 spiro atoms. The normalized spacial score (nSPS) is 10.5. The van der Waals surface area contributed by atoms with Crippen molar-refractivity contribution in [3.05, 3.63) is 35.1 Å². The van der Waals surface area contributed by atoms with E-state index in [4.69, 9.17) is 16.3 Å². The molecule has 0 N–H and O–H groups in total. The highest BCUT2D eigenvalue weighted by molar-refractivity contribution is 6.34. The number of pyridine rings is 1. The second-order valence-corrected chi connectivity index (χ2v) is 3.34. The quantitative estimate of drug-likeness (QED) is 0.735. The molecule has 0 aromatic carbocycles. The minimum absolute atomic E-state index is 0.339. The molecule has 0 saturated carbocycles. The van der Waals surface area contributed by atoms with E-state index in [1.54, 1.807) is 29.8 Å². The number of carbonyl (C=O) groups is 1.